The Labute approximate surface area is 193 Å². The number of aromatic nitrogens is 2. The largest absolute Gasteiger partial charge is 0.472 e. The molecule has 1 radical (unpaired) electrons. The molecule has 0 aliphatic carbocycles. The maximum absolute atomic E-state index is 11.9. The molecule has 4 atom stereocenters. The molecular weight excluding hydrogens is 394 g/mol. The van der Waals surface area contributed by atoms with Crippen molar-refractivity contribution in [1.29, 1.82) is 0 Å². The second-order valence-corrected chi connectivity index (χ2v) is 7.08. The van der Waals surface area contributed by atoms with Crippen LogP contribution in [0.4, 0.5) is 0 Å². The summed E-state index contributed by atoms with van der Waals surface area (Å²) in [6, 6.07) is 1.20. The fourth-order valence-corrected chi connectivity index (χ4v) is 3.24. The number of rotatable bonds is 9. The number of hydrogen-bond donors (Lipinski definition) is 2. The van der Waals surface area contributed by atoms with Crippen molar-refractivity contribution >= 4 is 59.2 Å². The normalized spacial score (nSPS) is 24.8. The first-order valence-corrected chi connectivity index (χ1v) is 9.47. The van der Waals surface area contributed by atoms with Crippen LogP contribution in [0, 0.1) is 0 Å². The van der Waals surface area contributed by atoms with Crippen LogP contribution in [-0.4, -0.2) is 98.4 Å². The Bertz CT molecular complexity index is 723. The molecule has 143 valence electrons. The number of phosphoric acid groups is 1. The van der Waals surface area contributed by atoms with Crippen LogP contribution in [0.15, 0.2) is 21.9 Å². The number of hydrogen-bond acceptors (Lipinski definition) is 7. The van der Waals surface area contributed by atoms with E-state index in [0.29, 0.717) is 12.8 Å². The molecule has 10 nitrogen and oxygen atoms in total. The molecule has 0 bridgehead atoms. The molecule has 0 aromatic carbocycles. The predicted molar refractivity (Wildman–Crippen MR) is 93.0 cm³/mol. The van der Waals surface area contributed by atoms with Crippen LogP contribution in [0.5, 0.6) is 0 Å². The second kappa shape index (κ2) is 11.4. The van der Waals surface area contributed by atoms with E-state index < -0.39 is 37.5 Å². The Hall–Kier alpha value is 0.346. The molecule has 2 N–H and O–H groups in total. The Morgan fingerprint density at radius 2 is 2.15 bits per heavy atom. The van der Waals surface area contributed by atoms with Gasteiger partial charge in [0.1, 0.15) is 6.10 Å². The molecule has 0 amide bonds. The molecule has 1 aromatic heterocycles. The number of nitrogens with one attached hydrogen (secondary N) is 1. The summed E-state index contributed by atoms with van der Waals surface area (Å²) in [5.74, 6) is 0. The summed E-state index contributed by atoms with van der Waals surface area (Å²) in [5.41, 5.74) is -1.14. The van der Waals surface area contributed by atoms with Crippen LogP contribution < -0.4 is 11.2 Å². The molecule has 2 rings (SSSR count). The standard InChI is InChI=1S/C14H23N2O8P.K/c1-3-4-7-22-25(19,20)23-9-10-8-11(21-2)13(24-10)16-6-5-12(17)15-14(16)18;/h5-6,10-11,13H,3-4,7-9H2,1-2H3,(H,19,20)(H,15,17,18);/t10-,11-,13-;/m1./s1. The summed E-state index contributed by atoms with van der Waals surface area (Å²) >= 11 is 0. The van der Waals surface area contributed by atoms with Gasteiger partial charge >= 0.3 is 13.5 Å². The number of phosphoric ester groups is 1. The van der Waals surface area contributed by atoms with Crippen LogP contribution in [-0.2, 0) is 23.1 Å². The first kappa shape index (κ1) is 24.4. The van der Waals surface area contributed by atoms with E-state index in [1.54, 1.807) is 0 Å². The maximum atomic E-state index is 11.9. The van der Waals surface area contributed by atoms with Gasteiger partial charge < -0.3 is 14.4 Å². The van der Waals surface area contributed by atoms with Crippen molar-refractivity contribution in [2.24, 2.45) is 0 Å². The molecule has 1 unspecified atom stereocenters. The second-order valence-electron chi connectivity index (χ2n) is 5.63. The van der Waals surface area contributed by atoms with Crippen molar-refractivity contribution in [2.75, 3.05) is 20.3 Å². The minimum absolute atomic E-state index is 0. The number of methoxy groups -OCH3 is 1. The fraction of sp³-hybridized carbons (Fsp3) is 0.714. The van der Waals surface area contributed by atoms with Crippen LogP contribution in [0.25, 0.3) is 0 Å². The topological polar surface area (TPSA) is 129 Å². The molecular formula is C14H23KN2O8P. The van der Waals surface area contributed by atoms with Crippen molar-refractivity contribution < 1.29 is 28.0 Å². The molecule has 2 heterocycles. The van der Waals surface area contributed by atoms with E-state index in [1.807, 2.05) is 6.92 Å². The van der Waals surface area contributed by atoms with Gasteiger partial charge in [0.05, 0.1) is 19.3 Å². The Morgan fingerprint density at radius 3 is 2.77 bits per heavy atom. The number of unbranched alkanes of at least 4 members (excludes halogenated alkanes) is 1. The van der Waals surface area contributed by atoms with Crippen molar-refractivity contribution in [3.8, 4) is 0 Å². The quantitative estimate of drug-likeness (QED) is 0.335. The van der Waals surface area contributed by atoms with E-state index in [9.17, 15) is 19.0 Å². The average Bonchev–Trinajstić information content (AvgIpc) is 2.96. The van der Waals surface area contributed by atoms with E-state index >= 15 is 0 Å². The first-order valence-electron chi connectivity index (χ1n) is 7.98. The minimum atomic E-state index is -4.15. The van der Waals surface area contributed by atoms with E-state index in [2.05, 4.69) is 4.98 Å². The van der Waals surface area contributed by atoms with E-state index in [-0.39, 0.29) is 64.6 Å². The summed E-state index contributed by atoms with van der Waals surface area (Å²) in [7, 11) is -2.68. The summed E-state index contributed by atoms with van der Waals surface area (Å²) in [4.78, 5) is 34.8. The van der Waals surface area contributed by atoms with Crippen LogP contribution in [0.2, 0.25) is 0 Å². The predicted octanol–water partition coefficient (Wildman–Crippen LogP) is 0.392. The molecule has 26 heavy (non-hydrogen) atoms. The van der Waals surface area contributed by atoms with Gasteiger partial charge in [-0.15, -0.1) is 0 Å². The third-order valence-electron chi connectivity index (χ3n) is 3.75. The molecule has 1 aliphatic rings. The Balaban J connectivity index is 0.00000338. The molecule has 1 aromatic rings. The molecule has 1 saturated heterocycles. The van der Waals surface area contributed by atoms with Gasteiger partial charge in [-0.05, 0) is 6.42 Å². The zero-order valence-electron chi connectivity index (χ0n) is 15.1. The van der Waals surface area contributed by atoms with Crippen LogP contribution >= 0.6 is 7.82 Å². The summed E-state index contributed by atoms with van der Waals surface area (Å²) in [6.07, 6.45) is 1.32. The van der Waals surface area contributed by atoms with Gasteiger partial charge in [0.15, 0.2) is 6.23 Å². The average molecular weight is 417 g/mol. The molecule has 0 spiro atoms. The Morgan fingerprint density at radius 1 is 1.42 bits per heavy atom. The molecule has 1 fully saturated rings. The Kier molecular flexibility index (Phi) is 10.7. The van der Waals surface area contributed by atoms with Crippen molar-refractivity contribution in [1.82, 2.24) is 9.55 Å². The number of ether oxygens (including phenoxy) is 2. The third-order valence-corrected chi connectivity index (χ3v) is 4.73. The summed E-state index contributed by atoms with van der Waals surface area (Å²) in [5, 5.41) is 0. The third kappa shape index (κ3) is 7.06. The zero-order chi connectivity index (χ0) is 18.4. The maximum Gasteiger partial charge on any atom is 0.472 e. The number of nitrogens with zero attached hydrogens (tertiary/aromatic N) is 1. The van der Waals surface area contributed by atoms with Gasteiger partial charge in [-0.1, -0.05) is 13.3 Å². The summed E-state index contributed by atoms with van der Waals surface area (Å²) in [6.45, 7) is 1.88. The van der Waals surface area contributed by atoms with E-state index in [4.69, 9.17) is 18.5 Å². The van der Waals surface area contributed by atoms with Crippen molar-refractivity contribution in [3.05, 3.63) is 33.1 Å². The van der Waals surface area contributed by atoms with Crippen LogP contribution in [0.3, 0.4) is 0 Å². The molecule has 1 aliphatic heterocycles. The zero-order valence-corrected chi connectivity index (χ0v) is 19.1. The minimum Gasteiger partial charge on any atom is -0.377 e. The van der Waals surface area contributed by atoms with E-state index in [1.165, 1.54) is 23.9 Å². The monoisotopic (exact) mass is 417 g/mol. The summed E-state index contributed by atoms with van der Waals surface area (Å²) < 4.78 is 33.8. The van der Waals surface area contributed by atoms with Gasteiger partial charge in [-0.2, -0.15) is 0 Å². The SMILES string of the molecule is CCCCOP(=O)(O)OC[C@H]1C[C@@H](OC)[C@H](n2ccc(=O)[nH]c2=O)O1.[K]. The molecule has 0 saturated carbocycles. The van der Waals surface area contributed by atoms with Crippen LogP contribution in [0.1, 0.15) is 32.4 Å². The van der Waals surface area contributed by atoms with Gasteiger partial charge in [0.2, 0.25) is 0 Å². The fourth-order valence-electron chi connectivity index (χ4n) is 2.45. The number of H-pyrrole nitrogens is 1. The smallest absolute Gasteiger partial charge is 0.377 e. The number of aromatic amines is 1. The van der Waals surface area contributed by atoms with Crippen molar-refractivity contribution in [2.45, 2.75) is 44.6 Å². The van der Waals surface area contributed by atoms with Gasteiger partial charge in [0, 0.05) is 77.2 Å². The molecule has 12 heteroatoms. The first-order chi connectivity index (χ1) is 11.9. The van der Waals surface area contributed by atoms with E-state index in [0.717, 1.165) is 6.42 Å². The van der Waals surface area contributed by atoms with Gasteiger partial charge in [0.25, 0.3) is 5.56 Å². The van der Waals surface area contributed by atoms with Gasteiger partial charge in [-0.3, -0.25) is 23.4 Å². The van der Waals surface area contributed by atoms with Crippen molar-refractivity contribution in [3.63, 3.8) is 0 Å². The van der Waals surface area contributed by atoms with Gasteiger partial charge in [-0.25, -0.2) is 9.36 Å².